The van der Waals surface area contributed by atoms with E-state index >= 15 is 0 Å². The van der Waals surface area contributed by atoms with E-state index in [0.717, 1.165) is 31.2 Å². The molecule has 1 aliphatic rings. The van der Waals surface area contributed by atoms with Gasteiger partial charge >= 0.3 is 0 Å². The molecular formula is C19H25N5O2S. The molecule has 1 saturated carbocycles. The van der Waals surface area contributed by atoms with Gasteiger partial charge in [-0.15, -0.1) is 0 Å². The summed E-state index contributed by atoms with van der Waals surface area (Å²) in [6.45, 7) is 5.94. The van der Waals surface area contributed by atoms with Crippen LogP contribution in [0.2, 0.25) is 0 Å². The number of rotatable bonds is 4. The monoisotopic (exact) mass is 387 g/mol. The highest BCUT2D eigenvalue weighted by atomic mass is 32.2. The maximum absolute atomic E-state index is 13.1. The topological polar surface area (TPSA) is 92.7 Å². The number of anilines is 1. The summed E-state index contributed by atoms with van der Waals surface area (Å²) in [6, 6.07) is 7.72. The Kier molecular flexibility index (Phi) is 4.25. The maximum atomic E-state index is 13.1. The number of H-pyrrole nitrogens is 1. The van der Waals surface area contributed by atoms with E-state index in [0.29, 0.717) is 11.2 Å². The lowest BCUT2D eigenvalue weighted by Crippen LogP contribution is -2.21. The van der Waals surface area contributed by atoms with Crippen molar-refractivity contribution in [1.82, 2.24) is 19.7 Å². The van der Waals surface area contributed by atoms with Crippen molar-refractivity contribution in [2.24, 2.45) is 0 Å². The van der Waals surface area contributed by atoms with Crippen LogP contribution < -0.4 is 4.72 Å². The normalized spacial score (nSPS) is 16.3. The van der Waals surface area contributed by atoms with Gasteiger partial charge in [0.25, 0.3) is 10.0 Å². The molecule has 0 unspecified atom stereocenters. The summed E-state index contributed by atoms with van der Waals surface area (Å²) >= 11 is 0. The molecule has 8 heteroatoms. The number of nitrogens with zero attached hydrogens (tertiary/aromatic N) is 3. The average molecular weight is 388 g/mol. The molecule has 0 atom stereocenters. The van der Waals surface area contributed by atoms with E-state index in [9.17, 15) is 8.42 Å². The van der Waals surface area contributed by atoms with Gasteiger partial charge in [0.15, 0.2) is 0 Å². The van der Waals surface area contributed by atoms with Crippen LogP contribution in [0.15, 0.2) is 35.4 Å². The van der Waals surface area contributed by atoms with Gasteiger partial charge in [0.1, 0.15) is 4.90 Å². The van der Waals surface area contributed by atoms with Crippen LogP contribution >= 0.6 is 0 Å². The smallest absolute Gasteiger partial charge is 0.267 e. The lowest BCUT2D eigenvalue weighted by molar-refractivity contribution is 0.448. The summed E-state index contributed by atoms with van der Waals surface area (Å²) in [5.41, 5.74) is 1.70. The largest absolute Gasteiger partial charge is 0.323 e. The fraction of sp³-hybridized carbons (Fsp3) is 0.474. The lowest BCUT2D eigenvalue weighted by atomic mass is 9.92. The number of hydrogen-bond donors (Lipinski definition) is 2. The van der Waals surface area contributed by atoms with E-state index in [2.05, 4.69) is 19.8 Å². The Labute approximate surface area is 159 Å². The van der Waals surface area contributed by atoms with Crippen LogP contribution in [-0.4, -0.2) is 28.2 Å². The molecule has 2 aromatic heterocycles. The first kappa shape index (κ1) is 18.0. The average Bonchev–Trinajstić information content (AvgIpc) is 3.31. The fourth-order valence-corrected chi connectivity index (χ4v) is 4.94. The molecule has 0 aliphatic heterocycles. The minimum atomic E-state index is -3.81. The van der Waals surface area contributed by atoms with Gasteiger partial charge in [-0.25, -0.2) is 18.1 Å². The van der Waals surface area contributed by atoms with Gasteiger partial charge in [0.2, 0.25) is 5.95 Å². The number of para-hydroxylation sites is 2. The Morgan fingerprint density at radius 3 is 2.56 bits per heavy atom. The molecule has 0 saturated heterocycles. The van der Waals surface area contributed by atoms with Crippen molar-refractivity contribution in [3.05, 3.63) is 36.2 Å². The van der Waals surface area contributed by atoms with Gasteiger partial charge in [-0.3, -0.25) is 4.68 Å². The predicted molar refractivity (Wildman–Crippen MR) is 105 cm³/mol. The van der Waals surface area contributed by atoms with E-state index in [-0.39, 0.29) is 22.3 Å². The third-order valence-electron chi connectivity index (χ3n) is 5.02. The molecule has 2 heterocycles. The first-order valence-electron chi connectivity index (χ1n) is 9.31. The number of nitrogens with one attached hydrogen (secondary N) is 2. The highest BCUT2D eigenvalue weighted by Crippen LogP contribution is 2.34. The fourth-order valence-electron chi connectivity index (χ4n) is 3.63. The summed E-state index contributed by atoms with van der Waals surface area (Å²) in [5, 5.41) is 4.68. The molecule has 4 rings (SSSR count). The van der Waals surface area contributed by atoms with Crippen molar-refractivity contribution in [3.63, 3.8) is 0 Å². The summed E-state index contributed by atoms with van der Waals surface area (Å²) in [5.74, 6) is 0.213. The Bertz CT molecular complexity index is 1040. The zero-order valence-electron chi connectivity index (χ0n) is 15.9. The van der Waals surface area contributed by atoms with Gasteiger partial charge < -0.3 is 4.98 Å². The Morgan fingerprint density at radius 2 is 1.89 bits per heavy atom. The predicted octanol–water partition coefficient (Wildman–Crippen LogP) is 3.97. The van der Waals surface area contributed by atoms with Crippen molar-refractivity contribution < 1.29 is 8.42 Å². The minimum Gasteiger partial charge on any atom is -0.323 e. The standard InChI is InChI=1S/C19H25N5O2S/c1-19(2,3)17-16(12-24(22-17)13-8-4-5-9-13)27(25,26)23-18-20-14-10-6-7-11-15(14)21-18/h6-7,10-13H,4-5,8-9H2,1-3H3,(H2,20,21,23). The number of sulfonamides is 1. The zero-order valence-corrected chi connectivity index (χ0v) is 16.7. The molecule has 1 aromatic carbocycles. The number of fused-ring (bicyclic) bond motifs is 1. The van der Waals surface area contributed by atoms with Crippen LogP contribution in [0.3, 0.4) is 0 Å². The highest BCUT2D eigenvalue weighted by Gasteiger charge is 2.32. The van der Waals surface area contributed by atoms with Crippen molar-refractivity contribution >= 4 is 27.0 Å². The lowest BCUT2D eigenvalue weighted by Gasteiger charge is -2.17. The van der Waals surface area contributed by atoms with Gasteiger partial charge in [-0.05, 0) is 25.0 Å². The molecule has 2 N–H and O–H groups in total. The first-order valence-corrected chi connectivity index (χ1v) is 10.8. The number of aromatic nitrogens is 4. The van der Waals surface area contributed by atoms with Crippen LogP contribution in [0.4, 0.5) is 5.95 Å². The summed E-state index contributed by atoms with van der Waals surface area (Å²) in [4.78, 5) is 7.56. The van der Waals surface area contributed by atoms with Crippen LogP contribution in [0.1, 0.15) is 58.2 Å². The number of hydrogen-bond acceptors (Lipinski definition) is 4. The summed E-state index contributed by atoms with van der Waals surface area (Å²) in [6.07, 6.45) is 6.09. The van der Waals surface area contributed by atoms with E-state index < -0.39 is 10.0 Å². The van der Waals surface area contributed by atoms with E-state index in [1.54, 1.807) is 6.20 Å². The number of benzene rings is 1. The molecule has 0 radical (unpaired) electrons. The molecule has 144 valence electrons. The maximum Gasteiger partial charge on any atom is 0.267 e. The molecule has 1 fully saturated rings. The molecule has 0 spiro atoms. The van der Waals surface area contributed by atoms with E-state index in [4.69, 9.17) is 0 Å². The Balaban J connectivity index is 1.73. The van der Waals surface area contributed by atoms with Crippen LogP contribution in [0.5, 0.6) is 0 Å². The van der Waals surface area contributed by atoms with Crippen LogP contribution in [0, 0.1) is 0 Å². The Hall–Kier alpha value is -2.35. The number of aromatic amines is 1. The van der Waals surface area contributed by atoms with Crippen LogP contribution in [0.25, 0.3) is 11.0 Å². The second-order valence-corrected chi connectivity index (χ2v) is 9.87. The second kappa shape index (κ2) is 6.37. The Morgan fingerprint density at radius 1 is 1.19 bits per heavy atom. The molecular weight excluding hydrogens is 362 g/mol. The van der Waals surface area contributed by atoms with Crippen molar-refractivity contribution in [2.45, 2.75) is 62.8 Å². The van der Waals surface area contributed by atoms with Gasteiger partial charge in [-0.1, -0.05) is 45.7 Å². The minimum absolute atomic E-state index is 0.213. The molecule has 0 amide bonds. The van der Waals surface area contributed by atoms with Crippen LogP contribution in [-0.2, 0) is 15.4 Å². The van der Waals surface area contributed by atoms with Gasteiger partial charge in [-0.2, -0.15) is 5.10 Å². The second-order valence-electron chi connectivity index (χ2n) is 8.22. The van der Waals surface area contributed by atoms with E-state index in [1.165, 1.54) is 0 Å². The third-order valence-corrected chi connectivity index (χ3v) is 6.36. The molecule has 7 nitrogen and oxygen atoms in total. The molecule has 27 heavy (non-hydrogen) atoms. The SMILES string of the molecule is CC(C)(C)c1nn(C2CCCC2)cc1S(=O)(=O)Nc1nc2ccccc2[nH]1. The van der Waals surface area contributed by atoms with Crippen molar-refractivity contribution in [3.8, 4) is 0 Å². The van der Waals surface area contributed by atoms with Crippen molar-refractivity contribution in [1.29, 1.82) is 0 Å². The van der Waals surface area contributed by atoms with Crippen molar-refractivity contribution in [2.75, 3.05) is 4.72 Å². The quantitative estimate of drug-likeness (QED) is 0.708. The van der Waals surface area contributed by atoms with Gasteiger partial charge in [0.05, 0.1) is 22.8 Å². The number of imidazole rings is 1. The zero-order chi connectivity index (χ0) is 19.2. The summed E-state index contributed by atoms with van der Waals surface area (Å²) < 4.78 is 30.7. The van der Waals surface area contributed by atoms with Gasteiger partial charge in [0, 0.05) is 11.6 Å². The molecule has 0 bridgehead atoms. The van der Waals surface area contributed by atoms with E-state index in [1.807, 2.05) is 49.7 Å². The molecule has 1 aliphatic carbocycles. The molecule has 3 aromatic rings. The summed E-state index contributed by atoms with van der Waals surface area (Å²) in [7, 11) is -3.81. The highest BCUT2D eigenvalue weighted by molar-refractivity contribution is 7.92. The third kappa shape index (κ3) is 3.45. The first-order chi connectivity index (χ1) is 12.7.